The number of non-ortho nitro benzene ring substituents is 1. The van der Waals surface area contributed by atoms with Crippen LogP contribution < -0.4 is 4.90 Å². The second-order valence-electron chi connectivity index (χ2n) is 6.61. The fourth-order valence-corrected chi connectivity index (χ4v) is 3.44. The quantitative estimate of drug-likeness (QED) is 0.364. The number of carbonyl (C=O) groups is 2. The highest BCUT2D eigenvalue weighted by Gasteiger charge is 2.33. The Kier molecular flexibility index (Phi) is 4.85. The average Bonchev–Trinajstić information content (AvgIpc) is 3.05. The van der Waals surface area contributed by atoms with Gasteiger partial charge in [0.2, 0.25) is 0 Å². The molecule has 0 aliphatic carbocycles. The van der Waals surface area contributed by atoms with Crippen LogP contribution in [0, 0.1) is 10.1 Å². The van der Waals surface area contributed by atoms with Gasteiger partial charge in [-0.05, 0) is 35.9 Å². The zero-order chi connectivity index (χ0) is 21.3. The minimum atomic E-state index is -0.679. The van der Waals surface area contributed by atoms with E-state index in [2.05, 4.69) is 0 Å². The van der Waals surface area contributed by atoms with Crippen molar-refractivity contribution in [1.29, 1.82) is 0 Å². The number of fused-ring (bicyclic) bond motifs is 1. The van der Waals surface area contributed by atoms with E-state index in [-0.39, 0.29) is 17.2 Å². The molecule has 0 N–H and O–H groups in total. The number of amides is 1. The fourth-order valence-electron chi connectivity index (χ4n) is 3.44. The van der Waals surface area contributed by atoms with Crippen LogP contribution in [0.25, 0.3) is 11.8 Å². The molecule has 1 amide bonds. The van der Waals surface area contributed by atoms with Crippen molar-refractivity contribution in [3.8, 4) is 0 Å². The molecule has 0 saturated heterocycles. The molecule has 30 heavy (non-hydrogen) atoms. The molecule has 0 aromatic heterocycles. The number of esters is 1. The molecule has 0 bridgehead atoms. The van der Waals surface area contributed by atoms with Crippen LogP contribution >= 0.6 is 0 Å². The predicted molar refractivity (Wildman–Crippen MR) is 112 cm³/mol. The lowest BCUT2D eigenvalue weighted by atomic mass is 10.0. The van der Waals surface area contributed by atoms with Gasteiger partial charge in [-0.25, -0.2) is 4.79 Å². The molecule has 0 unspecified atom stereocenters. The van der Waals surface area contributed by atoms with Gasteiger partial charge in [-0.3, -0.25) is 19.8 Å². The van der Waals surface area contributed by atoms with E-state index in [1.54, 1.807) is 23.1 Å². The van der Waals surface area contributed by atoms with E-state index in [1.165, 1.54) is 19.2 Å². The summed E-state index contributed by atoms with van der Waals surface area (Å²) < 4.78 is 4.71. The van der Waals surface area contributed by atoms with Crippen molar-refractivity contribution in [3.63, 3.8) is 0 Å². The first-order chi connectivity index (χ1) is 14.5. The summed E-state index contributed by atoms with van der Waals surface area (Å²) in [6, 6.07) is 20.3. The van der Waals surface area contributed by atoms with Crippen LogP contribution in [0.1, 0.15) is 31.8 Å². The van der Waals surface area contributed by atoms with Crippen molar-refractivity contribution in [3.05, 3.63) is 105 Å². The van der Waals surface area contributed by atoms with Crippen molar-refractivity contribution >= 4 is 35.0 Å². The Morgan fingerprint density at radius 2 is 1.67 bits per heavy atom. The SMILES string of the molecule is COC(=O)c1cc(/C=C2\c3ccccc3C(=O)N2c2ccccc2)cc([N+](=O)[O-])c1. The van der Waals surface area contributed by atoms with Gasteiger partial charge < -0.3 is 4.74 Å². The van der Waals surface area contributed by atoms with Gasteiger partial charge >= 0.3 is 5.97 Å². The summed E-state index contributed by atoms with van der Waals surface area (Å²) in [5.41, 5.74) is 2.70. The standard InChI is InChI=1S/C23H16N2O5/c1-30-23(27)16-11-15(12-18(14-16)25(28)29)13-21-19-9-5-6-10-20(19)22(26)24(21)17-7-3-2-4-8-17/h2-14H,1H3/b21-13+. The topological polar surface area (TPSA) is 89.8 Å². The van der Waals surface area contributed by atoms with Crippen LogP contribution in [0.2, 0.25) is 0 Å². The number of methoxy groups -OCH3 is 1. The molecule has 0 fully saturated rings. The van der Waals surface area contributed by atoms with E-state index in [4.69, 9.17) is 4.74 Å². The van der Waals surface area contributed by atoms with Crippen LogP contribution in [0.3, 0.4) is 0 Å². The molecular weight excluding hydrogens is 384 g/mol. The zero-order valence-corrected chi connectivity index (χ0v) is 15.9. The summed E-state index contributed by atoms with van der Waals surface area (Å²) in [4.78, 5) is 37.4. The number of benzene rings is 3. The van der Waals surface area contributed by atoms with Crippen molar-refractivity contribution in [2.75, 3.05) is 12.0 Å². The Morgan fingerprint density at radius 3 is 2.33 bits per heavy atom. The van der Waals surface area contributed by atoms with Crippen molar-refractivity contribution < 1.29 is 19.2 Å². The molecule has 1 aliphatic rings. The van der Waals surface area contributed by atoms with E-state index < -0.39 is 10.9 Å². The van der Waals surface area contributed by atoms with Crippen LogP contribution in [0.5, 0.6) is 0 Å². The average molecular weight is 400 g/mol. The number of rotatable bonds is 4. The number of hydrogen-bond acceptors (Lipinski definition) is 5. The number of anilines is 1. The molecule has 7 heteroatoms. The van der Waals surface area contributed by atoms with Gasteiger partial charge in [0.1, 0.15) is 0 Å². The maximum absolute atomic E-state index is 13.1. The minimum absolute atomic E-state index is 0.0578. The molecule has 1 aliphatic heterocycles. The lowest BCUT2D eigenvalue weighted by Gasteiger charge is -2.18. The number of para-hydroxylation sites is 1. The number of hydrogen-bond donors (Lipinski definition) is 0. The highest BCUT2D eigenvalue weighted by Crippen LogP contribution is 2.38. The highest BCUT2D eigenvalue weighted by atomic mass is 16.6. The van der Waals surface area contributed by atoms with Gasteiger partial charge in [0.25, 0.3) is 11.6 Å². The third-order valence-electron chi connectivity index (χ3n) is 4.77. The summed E-state index contributed by atoms with van der Waals surface area (Å²) in [7, 11) is 1.21. The van der Waals surface area contributed by atoms with Gasteiger partial charge in [-0.2, -0.15) is 0 Å². The van der Waals surface area contributed by atoms with Crippen LogP contribution in [0.15, 0.2) is 72.8 Å². The minimum Gasteiger partial charge on any atom is -0.465 e. The molecule has 148 valence electrons. The van der Waals surface area contributed by atoms with Crippen LogP contribution in [0.4, 0.5) is 11.4 Å². The Labute approximate surface area is 172 Å². The van der Waals surface area contributed by atoms with Crippen LogP contribution in [-0.2, 0) is 4.74 Å². The van der Waals surface area contributed by atoms with E-state index in [1.807, 2.05) is 42.5 Å². The smallest absolute Gasteiger partial charge is 0.338 e. The summed E-state index contributed by atoms with van der Waals surface area (Å²) in [5, 5.41) is 11.4. The Balaban J connectivity index is 1.92. The second-order valence-corrected chi connectivity index (χ2v) is 6.61. The monoisotopic (exact) mass is 400 g/mol. The highest BCUT2D eigenvalue weighted by molar-refractivity contribution is 6.24. The molecule has 3 aromatic carbocycles. The molecule has 3 aromatic rings. The third-order valence-corrected chi connectivity index (χ3v) is 4.77. The van der Waals surface area contributed by atoms with Gasteiger partial charge in [-0.15, -0.1) is 0 Å². The summed E-state index contributed by atoms with van der Waals surface area (Å²) in [6.45, 7) is 0. The summed E-state index contributed by atoms with van der Waals surface area (Å²) >= 11 is 0. The third kappa shape index (κ3) is 3.33. The van der Waals surface area contributed by atoms with Crippen molar-refractivity contribution in [2.45, 2.75) is 0 Å². The molecule has 1 heterocycles. The molecule has 0 atom stereocenters. The molecule has 0 spiro atoms. The molecule has 7 nitrogen and oxygen atoms in total. The lowest BCUT2D eigenvalue weighted by molar-refractivity contribution is -0.384. The number of nitrogens with zero attached hydrogens (tertiary/aromatic N) is 2. The van der Waals surface area contributed by atoms with E-state index in [9.17, 15) is 19.7 Å². The Morgan fingerprint density at radius 1 is 1.00 bits per heavy atom. The van der Waals surface area contributed by atoms with Gasteiger partial charge in [-0.1, -0.05) is 36.4 Å². The number of nitro benzene ring substituents is 1. The van der Waals surface area contributed by atoms with Gasteiger partial charge in [0.15, 0.2) is 0 Å². The number of nitro groups is 1. The summed E-state index contributed by atoms with van der Waals surface area (Å²) in [5.74, 6) is -0.872. The first-order valence-electron chi connectivity index (χ1n) is 9.08. The summed E-state index contributed by atoms with van der Waals surface area (Å²) in [6.07, 6.45) is 1.66. The molecule has 0 saturated carbocycles. The molecular formula is C23H16N2O5. The first-order valence-corrected chi connectivity index (χ1v) is 9.08. The Bertz CT molecular complexity index is 1200. The number of ether oxygens (including phenoxy) is 1. The zero-order valence-electron chi connectivity index (χ0n) is 15.9. The normalized spacial score (nSPS) is 14.0. The van der Waals surface area contributed by atoms with E-state index in [0.717, 1.165) is 6.07 Å². The van der Waals surface area contributed by atoms with E-state index >= 15 is 0 Å². The van der Waals surface area contributed by atoms with Crippen molar-refractivity contribution in [1.82, 2.24) is 0 Å². The fraction of sp³-hybridized carbons (Fsp3) is 0.0435. The molecule has 4 rings (SSSR count). The number of carbonyl (C=O) groups excluding carboxylic acids is 2. The van der Waals surface area contributed by atoms with Gasteiger partial charge in [0, 0.05) is 28.9 Å². The van der Waals surface area contributed by atoms with E-state index in [0.29, 0.717) is 28.1 Å². The maximum atomic E-state index is 13.1. The van der Waals surface area contributed by atoms with Gasteiger partial charge in [0.05, 0.1) is 23.3 Å². The first kappa shape index (κ1) is 19.1. The maximum Gasteiger partial charge on any atom is 0.338 e. The lowest BCUT2D eigenvalue weighted by Crippen LogP contribution is -2.22. The Hall–Kier alpha value is -4.26. The molecule has 0 radical (unpaired) electrons. The second kappa shape index (κ2) is 7.63. The van der Waals surface area contributed by atoms with Crippen LogP contribution in [-0.4, -0.2) is 23.9 Å². The van der Waals surface area contributed by atoms with Crippen molar-refractivity contribution in [2.24, 2.45) is 0 Å². The predicted octanol–water partition coefficient (Wildman–Crippen LogP) is 4.54. The largest absolute Gasteiger partial charge is 0.465 e.